The third-order valence-corrected chi connectivity index (χ3v) is 5.44. The van der Waals surface area contributed by atoms with Crippen molar-refractivity contribution < 1.29 is 19.7 Å². The molecule has 2 N–H and O–H groups in total. The standard InChI is InChI=1S/C20H27N3O4/c1-3-8-20(19(25)26)9-10-22(14-18(20)24)12-15-11-21-23(13-15)16-6-4-5-7-17(16)27-2/h4-7,11,13,18,24H,3,8-10,12,14H2,1-2H3,(H,25,26)/t18-,20+/m1/s1. The van der Waals surface area contributed by atoms with Crippen LogP contribution in [-0.2, 0) is 11.3 Å². The molecular weight excluding hydrogens is 346 g/mol. The van der Waals surface area contributed by atoms with E-state index in [1.807, 2.05) is 37.4 Å². The summed E-state index contributed by atoms with van der Waals surface area (Å²) in [6, 6.07) is 7.66. The maximum atomic E-state index is 11.8. The van der Waals surface area contributed by atoms with Crippen LogP contribution >= 0.6 is 0 Å². The Kier molecular flexibility index (Phi) is 5.82. The lowest BCUT2D eigenvalue weighted by atomic mass is 9.73. The van der Waals surface area contributed by atoms with Gasteiger partial charge >= 0.3 is 5.97 Å². The maximum Gasteiger partial charge on any atom is 0.312 e. The van der Waals surface area contributed by atoms with Gasteiger partial charge in [-0.15, -0.1) is 0 Å². The lowest BCUT2D eigenvalue weighted by Gasteiger charge is -2.42. The molecule has 1 fully saturated rings. The van der Waals surface area contributed by atoms with Crippen LogP contribution in [-0.4, -0.2) is 57.2 Å². The number of methoxy groups -OCH3 is 1. The van der Waals surface area contributed by atoms with Crippen molar-refractivity contribution in [2.24, 2.45) is 5.41 Å². The first kappa shape index (κ1) is 19.4. The number of nitrogens with zero attached hydrogens (tertiary/aromatic N) is 3. The third-order valence-electron chi connectivity index (χ3n) is 5.44. The number of hydrogen-bond donors (Lipinski definition) is 2. The Morgan fingerprint density at radius 3 is 2.85 bits per heavy atom. The molecule has 2 aromatic rings. The maximum absolute atomic E-state index is 11.8. The molecule has 7 heteroatoms. The van der Waals surface area contributed by atoms with E-state index in [1.165, 1.54) is 0 Å². The number of rotatable bonds is 7. The molecule has 1 aliphatic heterocycles. The summed E-state index contributed by atoms with van der Waals surface area (Å²) >= 11 is 0. The van der Waals surface area contributed by atoms with Crippen molar-refractivity contribution in [2.75, 3.05) is 20.2 Å². The number of benzene rings is 1. The smallest absolute Gasteiger partial charge is 0.312 e. The van der Waals surface area contributed by atoms with Crippen molar-refractivity contribution in [1.82, 2.24) is 14.7 Å². The normalized spacial score (nSPS) is 23.3. The molecule has 1 aliphatic rings. The van der Waals surface area contributed by atoms with Crippen LogP contribution in [0.5, 0.6) is 5.75 Å². The van der Waals surface area contributed by atoms with Crippen LogP contribution in [0.4, 0.5) is 0 Å². The van der Waals surface area contributed by atoms with Gasteiger partial charge in [0, 0.05) is 24.8 Å². The molecule has 0 unspecified atom stereocenters. The van der Waals surface area contributed by atoms with Crippen LogP contribution in [0.3, 0.4) is 0 Å². The van der Waals surface area contributed by atoms with Crippen LogP contribution in [0.25, 0.3) is 5.69 Å². The average Bonchev–Trinajstić information content (AvgIpc) is 3.12. The monoisotopic (exact) mass is 373 g/mol. The summed E-state index contributed by atoms with van der Waals surface area (Å²) in [7, 11) is 1.63. The van der Waals surface area contributed by atoms with Crippen LogP contribution in [0.15, 0.2) is 36.7 Å². The number of carboxylic acids is 1. The van der Waals surface area contributed by atoms with Crippen molar-refractivity contribution in [2.45, 2.75) is 38.8 Å². The molecule has 146 valence electrons. The molecule has 0 aliphatic carbocycles. The second kappa shape index (κ2) is 8.10. The molecule has 2 heterocycles. The number of aromatic nitrogens is 2. The minimum atomic E-state index is -1.02. The fourth-order valence-corrected chi connectivity index (χ4v) is 3.92. The first-order valence-electron chi connectivity index (χ1n) is 9.31. The van der Waals surface area contributed by atoms with E-state index in [9.17, 15) is 15.0 Å². The number of piperidine rings is 1. The minimum absolute atomic E-state index is 0.353. The number of β-amino-alcohol motifs (C(OH)–C–C–N with tert-alkyl or cyclic N) is 1. The van der Waals surface area contributed by atoms with Crippen molar-refractivity contribution in [3.05, 3.63) is 42.2 Å². The molecule has 27 heavy (non-hydrogen) atoms. The van der Waals surface area contributed by atoms with E-state index < -0.39 is 17.5 Å². The predicted octanol–water partition coefficient (Wildman–Crippen LogP) is 2.32. The molecule has 0 spiro atoms. The fraction of sp³-hybridized carbons (Fsp3) is 0.500. The minimum Gasteiger partial charge on any atom is -0.494 e. The molecule has 7 nitrogen and oxygen atoms in total. The number of aliphatic carboxylic acids is 1. The van der Waals surface area contributed by atoms with Gasteiger partial charge in [0.05, 0.1) is 24.8 Å². The lowest BCUT2D eigenvalue weighted by Crippen LogP contribution is -2.54. The number of aliphatic hydroxyl groups is 1. The number of ether oxygens (including phenoxy) is 1. The number of para-hydroxylation sites is 2. The zero-order valence-electron chi connectivity index (χ0n) is 15.8. The van der Waals surface area contributed by atoms with Gasteiger partial charge in [-0.05, 0) is 31.5 Å². The Balaban J connectivity index is 1.69. The molecule has 2 atom stereocenters. The fourth-order valence-electron chi connectivity index (χ4n) is 3.92. The second-order valence-electron chi connectivity index (χ2n) is 7.18. The molecule has 0 amide bonds. The van der Waals surface area contributed by atoms with E-state index in [0.29, 0.717) is 32.5 Å². The Morgan fingerprint density at radius 2 is 2.19 bits per heavy atom. The molecule has 1 saturated heterocycles. The molecule has 3 rings (SSSR count). The molecule has 1 aromatic carbocycles. The molecule has 0 radical (unpaired) electrons. The Morgan fingerprint density at radius 1 is 1.41 bits per heavy atom. The van der Waals surface area contributed by atoms with Gasteiger partial charge in [-0.1, -0.05) is 25.5 Å². The summed E-state index contributed by atoms with van der Waals surface area (Å²) < 4.78 is 7.15. The summed E-state index contributed by atoms with van der Waals surface area (Å²) in [5.41, 5.74) is 0.844. The van der Waals surface area contributed by atoms with E-state index in [1.54, 1.807) is 18.0 Å². The van der Waals surface area contributed by atoms with Gasteiger partial charge in [0.25, 0.3) is 0 Å². The summed E-state index contributed by atoms with van der Waals surface area (Å²) in [5.74, 6) is -0.146. The average molecular weight is 373 g/mol. The van der Waals surface area contributed by atoms with Gasteiger partial charge in [0.2, 0.25) is 0 Å². The highest BCUT2D eigenvalue weighted by Crippen LogP contribution is 2.37. The highest BCUT2D eigenvalue weighted by atomic mass is 16.5. The summed E-state index contributed by atoms with van der Waals surface area (Å²) in [6.07, 6.45) is 4.57. The van der Waals surface area contributed by atoms with Crippen molar-refractivity contribution in [3.8, 4) is 11.4 Å². The van der Waals surface area contributed by atoms with Gasteiger partial charge < -0.3 is 14.9 Å². The Labute approximate surface area is 159 Å². The van der Waals surface area contributed by atoms with E-state index >= 15 is 0 Å². The van der Waals surface area contributed by atoms with Crippen LogP contribution < -0.4 is 4.74 Å². The Hall–Kier alpha value is -2.38. The number of aliphatic hydroxyl groups excluding tert-OH is 1. The van der Waals surface area contributed by atoms with Crippen molar-refractivity contribution in [3.63, 3.8) is 0 Å². The zero-order chi connectivity index (χ0) is 19.4. The van der Waals surface area contributed by atoms with Crippen LogP contribution in [0.2, 0.25) is 0 Å². The van der Waals surface area contributed by atoms with Gasteiger partial charge in [-0.3, -0.25) is 9.69 Å². The Bertz CT molecular complexity index is 791. The first-order chi connectivity index (χ1) is 13.0. The first-order valence-corrected chi connectivity index (χ1v) is 9.31. The third kappa shape index (κ3) is 3.84. The number of carbonyl (C=O) groups is 1. The van der Waals surface area contributed by atoms with Gasteiger partial charge in [0.1, 0.15) is 11.4 Å². The lowest BCUT2D eigenvalue weighted by molar-refractivity contribution is -0.164. The summed E-state index contributed by atoms with van der Waals surface area (Å²) in [5, 5.41) is 24.6. The summed E-state index contributed by atoms with van der Waals surface area (Å²) in [4.78, 5) is 13.8. The van der Waals surface area contributed by atoms with Gasteiger partial charge in [0.15, 0.2) is 0 Å². The van der Waals surface area contributed by atoms with E-state index in [2.05, 4.69) is 10.00 Å². The van der Waals surface area contributed by atoms with Gasteiger partial charge in [-0.2, -0.15) is 5.10 Å². The zero-order valence-corrected chi connectivity index (χ0v) is 15.8. The van der Waals surface area contributed by atoms with Crippen molar-refractivity contribution >= 4 is 5.97 Å². The van der Waals surface area contributed by atoms with Crippen LogP contribution in [0.1, 0.15) is 31.7 Å². The van der Waals surface area contributed by atoms with E-state index in [0.717, 1.165) is 23.4 Å². The van der Waals surface area contributed by atoms with Gasteiger partial charge in [-0.25, -0.2) is 4.68 Å². The molecular formula is C20H27N3O4. The topological polar surface area (TPSA) is 87.8 Å². The highest BCUT2D eigenvalue weighted by Gasteiger charge is 2.47. The van der Waals surface area contributed by atoms with E-state index in [4.69, 9.17) is 4.74 Å². The number of hydrogen-bond acceptors (Lipinski definition) is 5. The second-order valence-corrected chi connectivity index (χ2v) is 7.18. The van der Waals surface area contributed by atoms with Crippen LogP contribution in [0, 0.1) is 5.41 Å². The quantitative estimate of drug-likeness (QED) is 0.774. The molecule has 0 bridgehead atoms. The van der Waals surface area contributed by atoms with E-state index in [-0.39, 0.29) is 0 Å². The highest BCUT2D eigenvalue weighted by molar-refractivity contribution is 5.75. The summed E-state index contributed by atoms with van der Waals surface area (Å²) in [6.45, 7) is 3.57. The van der Waals surface area contributed by atoms with Crippen molar-refractivity contribution in [1.29, 1.82) is 0 Å². The molecule has 0 saturated carbocycles. The number of carboxylic acid groups (broad SMARTS) is 1. The predicted molar refractivity (Wildman–Crippen MR) is 101 cm³/mol. The SMILES string of the molecule is CCC[C@]1(C(=O)O)CCN(Cc2cnn(-c3ccccc3OC)c2)C[C@H]1O. The number of likely N-dealkylation sites (tertiary alicyclic amines) is 1. The molecule has 1 aromatic heterocycles. The largest absolute Gasteiger partial charge is 0.494 e.